The largest absolute Gasteiger partial charge is 0.497 e. The average molecular weight is 279 g/mol. The first kappa shape index (κ1) is 13.3. The van der Waals surface area contributed by atoms with Crippen molar-refractivity contribution in [2.24, 2.45) is 0 Å². The van der Waals surface area contributed by atoms with Crippen LogP contribution in [0.4, 0.5) is 0 Å². The molecule has 2 rings (SSSR count). The Balaban J connectivity index is 2.18. The van der Waals surface area contributed by atoms with E-state index in [1.165, 1.54) is 6.20 Å². The second-order valence-electron chi connectivity index (χ2n) is 3.82. The van der Waals surface area contributed by atoms with Gasteiger partial charge in [-0.2, -0.15) is 0 Å². The Kier molecular flexibility index (Phi) is 3.97. The standard InChI is InChI=1S/C13H11ClN2O3/c1-19-9-4-2-8(3-5-9)6-11-15-7-10(13(17)18)12(14)16-11/h2-5,7H,6H2,1H3,(H,17,18). The number of methoxy groups -OCH3 is 1. The number of carboxylic acids is 1. The van der Waals surface area contributed by atoms with Gasteiger partial charge in [0.1, 0.15) is 22.3 Å². The second kappa shape index (κ2) is 5.67. The molecule has 0 atom stereocenters. The van der Waals surface area contributed by atoms with Gasteiger partial charge in [-0.25, -0.2) is 14.8 Å². The number of hydrogen-bond acceptors (Lipinski definition) is 4. The predicted molar refractivity (Wildman–Crippen MR) is 69.8 cm³/mol. The summed E-state index contributed by atoms with van der Waals surface area (Å²) in [6.45, 7) is 0. The van der Waals surface area contributed by atoms with Crippen molar-refractivity contribution in [3.8, 4) is 5.75 Å². The number of ether oxygens (including phenoxy) is 1. The summed E-state index contributed by atoms with van der Waals surface area (Å²) in [6, 6.07) is 7.45. The number of rotatable bonds is 4. The van der Waals surface area contributed by atoms with Crippen molar-refractivity contribution in [2.45, 2.75) is 6.42 Å². The molecule has 19 heavy (non-hydrogen) atoms. The summed E-state index contributed by atoms with van der Waals surface area (Å²) in [5.74, 6) is 0.102. The molecule has 0 amide bonds. The molecule has 0 aliphatic carbocycles. The Bertz CT molecular complexity index is 599. The molecule has 6 heteroatoms. The average Bonchev–Trinajstić information content (AvgIpc) is 2.39. The van der Waals surface area contributed by atoms with Gasteiger partial charge in [0.15, 0.2) is 0 Å². The minimum absolute atomic E-state index is 0.0500. The van der Waals surface area contributed by atoms with E-state index in [0.29, 0.717) is 12.2 Å². The van der Waals surface area contributed by atoms with Crippen LogP contribution in [0, 0.1) is 0 Å². The molecule has 0 saturated heterocycles. The maximum Gasteiger partial charge on any atom is 0.340 e. The highest BCUT2D eigenvalue weighted by atomic mass is 35.5. The number of nitrogens with zero attached hydrogens (tertiary/aromatic N) is 2. The van der Waals surface area contributed by atoms with Gasteiger partial charge in [-0.3, -0.25) is 0 Å². The van der Waals surface area contributed by atoms with Gasteiger partial charge in [0.2, 0.25) is 0 Å². The van der Waals surface area contributed by atoms with E-state index in [1.54, 1.807) is 7.11 Å². The summed E-state index contributed by atoms with van der Waals surface area (Å²) in [6.07, 6.45) is 1.69. The van der Waals surface area contributed by atoms with Crippen molar-refractivity contribution in [1.82, 2.24) is 9.97 Å². The number of hydrogen-bond donors (Lipinski definition) is 1. The Morgan fingerprint density at radius 3 is 2.58 bits per heavy atom. The number of aromatic nitrogens is 2. The van der Waals surface area contributed by atoms with Gasteiger partial charge in [0.05, 0.1) is 7.11 Å². The van der Waals surface area contributed by atoms with Gasteiger partial charge in [-0.1, -0.05) is 23.7 Å². The third kappa shape index (κ3) is 3.20. The van der Waals surface area contributed by atoms with Gasteiger partial charge in [-0.15, -0.1) is 0 Å². The lowest BCUT2D eigenvalue weighted by Crippen LogP contribution is -2.04. The number of carbonyl (C=O) groups is 1. The lowest BCUT2D eigenvalue weighted by molar-refractivity contribution is 0.0696. The van der Waals surface area contributed by atoms with Crippen LogP contribution in [0.2, 0.25) is 5.15 Å². The van der Waals surface area contributed by atoms with Crippen molar-refractivity contribution < 1.29 is 14.6 Å². The molecular formula is C13H11ClN2O3. The molecule has 1 aromatic carbocycles. The fraction of sp³-hybridized carbons (Fsp3) is 0.154. The van der Waals surface area contributed by atoms with Crippen molar-refractivity contribution in [1.29, 1.82) is 0 Å². The molecule has 0 radical (unpaired) electrons. The van der Waals surface area contributed by atoms with Gasteiger partial charge >= 0.3 is 5.97 Å². The topological polar surface area (TPSA) is 72.3 Å². The van der Waals surface area contributed by atoms with Crippen LogP contribution in [-0.4, -0.2) is 28.2 Å². The summed E-state index contributed by atoms with van der Waals surface area (Å²) >= 11 is 5.79. The van der Waals surface area contributed by atoms with E-state index in [-0.39, 0.29) is 10.7 Å². The van der Waals surface area contributed by atoms with E-state index < -0.39 is 5.97 Å². The molecule has 1 heterocycles. The van der Waals surface area contributed by atoms with E-state index in [1.807, 2.05) is 24.3 Å². The zero-order valence-electron chi connectivity index (χ0n) is 10.1. The number of benzene rings is 1. The summed E-state index contributed by atoms with van der Waals surface area (Å²) < 4.78 is 5.06. The van der Waals surface area contributed by atoms with Gasteiger partial charge in [-0.05, 0) is 17.7 Å². The van der Waals surface area contributed by atoms with Crippen molar-refractivity contribution in [2.75, 3.05) is 7.11 Å². The maximum atomic E-state index is 10.8. The quantitative estimate of drug-likeness (QED) is 0.870. The lowest BCUT2D eigenvalue weighted by atomic mass is 10.1. The first-order chi connectivity index (χ1) is 9.10. The molecule has 0 bridgehead atoms. The first-order valence-electron chi connectivity index (χ1n) is 5.48. The summed E-state index contributed by atoms with van der Waals surface area (Å²) in [5, 5.41) is 8.78. The molecule has 0 saturated carbocycles. The molecule has 1 aromatic heterocycles. The Labute approximate surface area is 114 Å². The van der Waals surface area contributed by atoms with Crippen molar-refractivity contribution in [3.05, 3.63) is 52.6 Å². The first-order valence-corrected chi connectivity index (χ1v) is 5.85. The Morgan fingerprint density at radius 1 is 1.37 bits per heavy atom. The third-order valence-electron chi connectivity index (χ3n) is 2.54. The second-order valence-corrected chi connectivity index (χ2v) is 4.18. The van der Waals surface area contributed by atoms with Crippen LogP contribution in [0.5, 0.6) is 5.75 Å². The fourth-order valence-electron chi connectivity index (χ4n) is 1.55. The van der Waals surface area contributed by atoms with Gasteiger partial charge < -0.3 is 9.84 Å². The van der Waals surface area contributed by atoms with Crippen molar-refractivity contribution >= 4 is 17.6 Å². The maximum absolute atomic E-state index is 10.8. The van der Waals surface area contributed by atoms with Crippen LogP contribution in [0.1, 0.15) is 21.7 Å². The highest BCUT2D eigenvalue weighted by molar-refractivity contribution is 6.32. The van der Waals surface area contributed by atoms with E-state index >= 15 is 0 Å². The number of aromatic carboxylic acids is 1. The molecule has 2 aromatic rings. The molecule has 0 aliphatic rings. The van der Waals surface area contributed by atoms with Crippen LogP contribution in [0.25, 0.3) is 0 Å². The summed E-state index contributed by atoms with van der Waals surface area (Å²) in [4.78, 5) is 18.7. The molecule has 98 valence electrons. The summed E-state index contributed by atoms with van der Waals surface area (Å²) in [5.41, 5.74) is 0.889. The van der Waals surface area contributed by atoms with Crippen molar-refractivity contribution in [3.63, 3.8) is 0 Å². The highest BCUT2D eigenvalue weighted by Crippen LogP contribution is 2.16. The molecule has 0 fully saturated rings. The smallest absolute Gasteiger partial charge is 0.340 e. The summed E-state index contributed by atoms with van der Waals surface area (Å²) in [7, 11) is 1.60. The van der Waals surface area contributed by atoms with Crippen LogP contribution in [-0.2, 0) is 6.42 Å². The molecule has 0 spiro atoms. The van der Waals surface area contributed by atoms with E-state index in [4.69, 9.17) is 21.4 Å². The minimum Gasteiger partial charge on any atom is -0.497 e. The molecule has 5 nitrogen and oxygen atoms in total. The van der Waals surface area contributed by atoms with Gasteiger partial charge in [0.25, 0.3) is 0 Å². The zero-order valence-corrected chi connectivity index (χ0v) is 10.9. The van der Waals surface area contributed by atoms with Crippen LogP contribution in [0.3, 0.4) is 0 Å². The number of halogens is 1. The Hall–Kier alpha value is -2.14. The Morgan fingerprint density at radius 2 is 2.05 bits per heavy atom. The lowest BCUT2D eigenvalue weighted by Gasteiger charge is -2.04. The van der Waals surface area contributed by atoms with E-state index in [2.05, 4.69) is 9.97 Å². The van der Waals surface area contributed by atoms with E-state index in [0.717, 1.165) is 11.3 Å². The third-order valence-corrected chi connectivity index (χ3v) is 2.83. The van der Waals surface area contributed by atoms with E-state index in [9.17, 15) is 4.79 Å². The molecule has 0 aliphatic heterocycles. The molecule has 0 unspecified atom stereocenters. The highest BCUT2D eigenvalue weighted by Gasteiger charge is 2.11. The normalized spacial score (nSPS) is 10.2. The monoisotopic (exact) mass is 278 g/mol. The van der Waals surface area contributed by atoms with Crippen LogP contribution in [0.15, 0.2) is 30.5 Å². The molecular weight excluding hydrogens is 268 g/mol. The van der Waals surface area contributed by atoms with Crippen LogP contribution >= 0.6 is 11.6 Å². The van der Waals surface area contributed by atoms with Gasteiger partial charge in [0, 0.05) is 12.6 Å². The minimum atomic E-state index is -1.14. The predicted octanol–water partition coefficient (Wildman–Crippen LogP) is 2.43. The SMILES string of the molecule is COc1ccc(Cc2ncc(C(=O)O)c(Cl)n2)cc1. The zero-order chi connectivity index (χ0) is 13.8. The van der Waals surface area contributed by atoms with Crippen LogP contribution < -0.4 is 4.74 Å². The fourth-order valence-corrected chi connectivity index (χ4v) is 1.78. The molecule has 1 N–H and O–H groups in total. The number of carboxylic acid groups (broad SMARTS) is 1.